The summed E-state index contributed by atoms with van der Waals surface area (Å²) in [6, 6.07) is 13.1. The molecule has 1 aliphatic carbocycles. The van der Waals surface area contributed by atoms with Gasteiger partial charge < -0.3 is 5.73 Å². The SMILES string of the molecule is Nc1ccc(-c2cccc(C3CCC3)c2)c(F)c1. The van der Waals surface area contributed by atoms with Gasteiger partial charge in [-0.15, -0.1) is 0 Å². The second-order valence-electron chi connectivity index (χ2n) is 4.99. The van der Waals surface area contributed by atoms with E-state index < -0.39 is 0 Å². The third-order valence-electron chi connectivity index (χ3n) is 3.77. The van der Waals surface area contributed by atoms with Gasteiger partial charge in [0, 0.05) is 11.3 Å². The fraction of sp³-hybridized carbons (Fsp3) is 0.250. The van der Waals surface area contributed by atoms with Crippen molar-refractivity contribution in [2.45, 2.75) is 25.2 Å². The third kappa shape index (κ3) is 1.99. The Kier molecular flexibility index (Phi) is 2.78. The molecule has 92 valence electrons. The summed E-state index contributed by atoms with van der Waals surface area (Å²) in [5.41, 5.74) is 8.94. The number of hydrogen-bond donors (Lipinski definition) is 1. The van der Waals surface area contributed by atoms with Crippen LogP contribution in [0.5, 0.6) is 0 Å². The maximum absolute atomic E-state index is 13.9. The zero-order valence-electron chi connectivity index (χ0n) is 10.2. The van der Waals surface area contributed by atoms with E-state index in [2.05, 4.69) is 12.1 Å². The summed E-state index contributed by atoms with van der Waals surface area (Å²) in [4.78, 5) is 0. The van der Waals surface area contributed by atoms with Gasteiger partial charge in [-0.05, 0) is 48.1 Å². The minimum absolute atomic E-state index is 0.249. The van der Waals surface area contributed by atoms with Gasteiger partial charge in [0.25, 0.3) is 0 Å². The van der Waals surface area contributed by atoms with Crippen molar-refractivity contribution in [2.75, 3.05) is 5.73 Å². The molecule has 0 radical (unpaired) electrons. The van der Waals surface area contributed by atoms with Crippen molar-refractivity contribution in [3.63, 3.8) is 0 Å². The molecule has 0 aliphatic heterocycles. The lowest BCUT2D eigenvalue weighted by molar-refractivity contribution is 0.420. The molecular weight excluding hydrogens is 225 g/mol. The zero-order valence-corrected chi connectivity index (χ0v) is 10.2. The molecule has 0 saturated heterocycles. The standard InChI is InChI=1S/C16H16FN/c17-16-10-14(18)7-8-15(16)13-6-2-5-12(9-13)11-3-1-4-11/h2,5-11H,1,3-4,18H2. The molecule has 2 aromatic carbocycles. The normalized spacial score (nSPS) is 15.4. The Hall–Kier alpha value is -1.83. The summed E-state index contributed by atoms with van der Waals surface area (Å²) >= 11 is 0. The van der Waals surface area contributed by atoms with E-state index in [4.69, 9.17) is 5.73 Å². The van der Waals surface area contributed by atoms with Crippen molar-refractivity contribution in [3.05, 3.63) is 53.8 Å². The molecule has 1 saturated carbocycles. The Morgan fingerprint density at radius 1 is 1.06 bits per heavy atom. The van der Waals surface area contributed by atoms with Crippen molar-refractivity contribution in [1.29, 1.82) is 0 Å². The van der Waals surface area contributed by atoms with Crippen molar-refractivity contribution >= 4 is 5.69 Å². The number of nitrogen functional groups attached to an aromatic ring is 1. The lowest BCUT2D eigenvalue weighted by Gasteiger charge is -2.26. The van der Waals surface area contributed by atoms with Crippen LogP contribution in [-0.4, -0.2) is 0 Å². The molecule has 1 aliphatic rings. The molecule has 0 amide bonds. The van der Waals surface area contributed by atoms with Crippen molar-refractivity contribution in [2.24, 2.45) is 0 Å². The van der Waals surface area contributed by atoms with Gasteiger partial charge in [-0.2, -0.15) is 0 Å². The topological polar surface area (TPSA) is 26.0 Å². The lowest BCUT2D eigenvalue weighted by Crippen LogP contribution is -2.08. The van der Waals surface area contributed by atoms with E-state index in [0.29, 0.717) is 17.2 Å². The van der Waals surface area contributed by atoms with Crippen LogP contribution in [0, 0.1) is 5.82 Å². The van der Waals surface area contributed by atoms with E-state index in [1.165, 1.54) is 30.9 Å². The monoisotopic (exact) mass is 241 g/mol. The number of nitrogens with two attached hydrogens (primary N) is 1. The van der Waals surface area contributed by atoms with E-state index in [1.54, 1.807) is 12.1 Å². The summed E-state index contributed by atoms with van der Waals surface area (Å²) in [5, 5.41) is 0. The quantitative estimate of drug-likeness (QED) is 0.777. The van der Waals surface area contributed by atoms with Gasteiger partial charge in [0.1, 0.15) is 5.82 Å². The minimum atomic E-state index is -0.249. The van der Waals surface area contributed by atoms with Gasteiger partial charge in [0.2, 0.25) is 0 Å². The molecule has 0 aromatic heterocycles. The smallest absolute Gasteiger partial charge is 0.133 e. The zero-order chi connectivity index (χ0) is 12.5. The maximum Gasteiger partial charge on any atom is 0.133 e. The molecule has 0 heterocycles. The first-order valence-corrected chi connectivity index (χ1v) is 6.39. The second-order valence-corrected chi connectivity index (χ2v) is 4.99. The van der Waals surface area contributed by atoms with E-state index >= 15 is 0 Å². The summed E-state index contributed by atoms with van der Waals surface area (Å²) in [7, 11) is 0. The fourth-order valence-electron chi connectivity index (χ4n) is 2.47. The summed E-state index contributed by atoms with van der Waals surface area (Å²) in [6.07, 6.45) is 3.83. The molecule has 1 nitrogen and oxygen atoms in total. The molecule has 0 atom stereocenters. The first-order chi connectivity index (χ1) is 8.74. The third-order valence-corrected chi connectivity index (χ3v) is 3.77. The Balaban J connectivity index is 2.00. The predicted molar refractivity (Wildman–Crippen MR) is 72.8 cm³/mol. The van der Waals surface area contributed by atoms with Crippen LogP contribution in [0.4, 0.5) is 10.1 Å². The molecule has 0 unspecified atom stereocenters. The molecule has 0 bridgehead atoms. The maximum atomic E-state index is 13.9. The highest BCUT2D eigenvalue weighted by Crippen LogP contribution is 2.37. The van der Waals surface area contributed by atoms with Gasteiger partial charge >= 0.3 is 0 Å². The highest BCUT2D eigenvalue weighted by Gasteiger charge is 2.19. The largest absolute Gasteiger partial charge is 0.399 e. The Labute approximate surface area is 106 Å². The number of anilines is 1. The average Bonchev–Trinajstić information content (AvgIpc) is 2.27. The number of halogens is 1. The Morgan fingerprint density at radius 3 is 2.56 bits per heavy atom. The van der Waals surface area contributed by atoms with Crippen LogP contribution < -0.4 is 5.73 Å². The molecule has 3 rings (SSSR count). The summed E-state index contributed by atoms with van der Waals surface area (Å²) in [5.74, 6) is 0.419. The first-order valence-electron chi connectivity index (χ1n) is 6.39. The van der Waals surface area contributed by atoms with Crippen LogP contribution in [0.3, 0.4) is 0 Å². The van der Waals surface area contributed by atoms with Gasteiger partial charge in [-0.25, -0.2) is 4.39 Å². The summed E-state index contributed by atoms with van der Waals surface area (Å²) < 4.78 is 13.9. The van der Waals surface area contributed by atoms with E-state index in [9.17, 15) is 4.39 Å². The molecule has 18 heavy (non-hydrogen) atoms. The molecule has 1 fully saturated rings. The van der Waals surface area contributed by atoms with Gasteiger partial charge in [-0.1, -0.05) is 30.7 Å². The van der Waals surface area contributed by atoms with E-state index in [-0.39, 0.29) is 5.82 Å². The van der Waals surface area contributed by atoms with Crippen LogP contribution in [0.2, 0.25) is 0 Å². The Morgan fingerprint density at radius 2 is 1.89 bits per heavy atom. The summed E-state index contributed by atoms with van der Waals surface area (Å²) in [6.45, 7) is 0. The highest BCUT2D eigenvalue weighted by atomic mass is 19.1. The van der Waals surface area contributed by atoms with E-state index in [1.807, 2.05) is 12.1 Å². The van der Waals surface area contributed by atoms with Crippen molar-refractivity contribution in [3.8, 4) is 11.1 Å². The van der Waals surface area contributed by atoms with Crippen LogP contribution in [0.25, 0.3) is 11.1 Å². The van der Waals surface area contributed by atoms with Gasteiger partial charge in [-0.3, -0.25) is 0 Å². The second kappa shape index (κ2) is 4.45. The first kappa shape index (κ1) is 11.3. The van der Waals surface area contributed by atoms with Crippen LogP contribution in [-0.2, 0) is 0 Å². The van der Waals surface area contributed by atoms with Gasteiger partial charge in [0.05, 0.1) is 0 Å². The molecule has 0 spiro atoms. The molecule has 2 heteroatoms. The lowest BCUT2D eigenvalue weighted by atomic mass is 9.79. The van der Waals surface area contributed by atoms with Crippen LogP contribution in [0.15, 0.2) is 42.5 Å². The highest BCUT2D eigenvalue weighted by molar-refractivity contribution is 5.67. The van der Waals surface area contributed by atoms with E-state index in [0.717, 1.165) is 5.56 Å². The number of benzene rings is 2. The van der Waals surface area contributed by atoms with Crippen LogP contribution in [0.1, 0.15) is 30.7 Å². The average molecular weight is 241 g/mol. The Bertz CT molecular complexity index is 573. The van der Waals surface area contributed by atoms with Crippen molar-refractivity contribution in [1.82, 2.24) is 0 Å². The molecular formula is C16H16FN. The minimum Gasteiger partial charge on any atom is -0.399 e. The molecule has 2 aromatic rings. The van der Waals surface area contributed by atoms with Crippen LogP contribution >= 0.6 is 0 Å². The number of hydrogen-bond acceptors (Lipinski definition) is 1. The van der Waals surface area contributed by atoms with Crippen molar-refractivity contribution < 1.29 is 4.39 Å². The molecule has 2 N–H and O–H groups in total. The predicted octanol–water partition coefficient (Wildman–Crippen LogP) is 4.34. The fourth-order valence-corrected chi connectivity index (χ4v) is 2.47. The van der Waals surface area contributed by atoms with Gasteiger partial charge in [0.15, 0.2) is 0 Å². The number of rotatable bonds is 2.